The molecule has 0 saturated heterocycles. The van der Waals surface area contributed by atoms with Gasteiger partial charge in [-0.15, -0.1) is 0 Å². The van der Waals surface area contributed by atoms with E-state index in [1.54, 1.807) is 12.1 Å². The summed E-state index contributed by atoms with van der Waals surface area (Å²) in [5, 5.41) is 26.4. The number of anilines is 3. The second kappa shape index (κ2) is 8.16. The number of carbonyl (C=O) groups excluding carboxylic acids is 2. The second-order valence-electron chi connectivity index (χ2n) is 7.04. The molecular weight excluding hydrogens is 398 g/mol. The molecule has 0 bridgehead atoms. The van der Waals surface area contributed by atoms with Crippen LogP contribution in [0.5, 0.6) is 0 Å². The zero-order valence-electron chi connectivity index (χ0n) is 16.4. The van der Waals surface area contributed by atoms with Crippen LogP contribution < -0.4 is 21.7 Å². The Bertz CT molecular complexity index is 1140. The molecule has 0 unspecified atom stereocenters. The maximum Gasteiger partial charge on any atom is 0.248 e. The molecular formula is C21H19N7O3. The van der Waals surface area contributed by atoms with Gasteiger partial charge in [-0.1, -0.05) is 24.3 Å². The average Bonchev–Trinajstić information content (AvgIpc) is 3.39. The lowest BCUT2D eigenvalue weighted by atomic mass is 9.95. The van der Waals surface area contributed by atoms with Crippen LogP contribution in [-0.2, 0) is 5.66 Å². The third-order valence-corrected chi connectivity index (χ3v) is 4.96. The Morgan fingerprint density at radius 3 is 2.32 bits per heavy atom. The largest absolute Gasteiger partial charge is 0.366 e. The fourth-order valence-corrected chi connectivity index (χ4v) is 3.47. The molecule has 31 heavy (non-hydrogen) atoms. The third kappa shape index (κ3) is 3.89. The first-order valence-electron chi connectivity index (χ1n) is 9.55. The number of nitrogens with one attached hydrogen (secondary N) is 3. The molecule has 1 aliphatic rings. The van der Waals surface area contributed by atoms with Gasteiger partial charge in [0, 0.05) is 17.7 Å². The SMILES string of the molecule is N#CCCNc1nonc1C1(CC(=O)c2ccc(C(N)=O)cc2)Nc2ccccc2N1. The van der Waals surface area contributed by atoms with E-state index in [2.05, 4.69) is 26.3 Å². The number of nitrogens with zero attached hydrogens (tertiary/aromatic N) is 3. The highest BCUT2D eigenvalue weighted by Crippen LogP contribution is 2.43. The molecule has 0 radical (unpaired) electrons. The van der Waals surface area contributed by atoms with Crippen molar-refractivity contribution in [2.45, 2.75) is 18.5 Å². The van der Waals surface area contributed by atoms with E-state index in [0.717, 1.165) is 11.4 Å². The number of primary amides is 1. The Labute approximate surface area is 177 Å². The fourth-order valence-electron chi connectivity index (χ4n) is 3.47. The molecule has 3 aromatic rings. The van der Waals surface area contributed by atoms with E-state index in [1.165, 1.54) is 12.1 Å². The maximum absolute atomic E-state index is 13.2. The van der Waals surface area contributed by atoms with E-state index >= 15 is 0 Å². The first-order chi connectivity index (χ1) is 15.0. The van der Waals surface area contributed by atoms with Crippen LogP contribution in [0.2, 0.25) is 0 Å². The van der Waals surface area contributed by atoms with Gasteiger partial charge in [0.1, 0.15) is 0 Å². The minimum Gasteiger partial charge on any atom is -0.366 e. The summed E-state index contributed by atoms with van der Waals surface area (Å²) in [6, 6.07) is 15.7. The zero-order valence-corrected chi connectivity index (χ0v) is 16.4. The summed E-state index contributed by atoms with van der Waals surface area (Å²) in [4.78, 5) is 24.5. The van der Waals surface area contributed by atoms with Gasteiger partial charge in [0.25, 0.3) is 0 Å². The lowest BCUT2D eigenvalue weighted by Gasteiger charge is -2.28. The van der Waals surface area contributed by atoms with Crippen LogP contribution in [0.15, 0.2) is 53.2 Å². The number of carbonyl (C=O) groups is 2. The van der Waals surface area contributed by atoms with Crippen molar-refractivity contribution >= 4 is 28.9 Å². The Morgan fingerprint density at radius 1 is 1.06 bits per heavy atom. The summed E-state index contributed by atoms with van der Waals surface area (Å²) in [5.41, 5.74) is 6.84. The van der Waals surface area contributed by atoms with Crippen LogP contribution >= 0.6 is 0 Å². The first kappa shape index (κ1) is 19.9. The van der Waals surface area contributed by atoms with E-state index < -0.39 is 11.6 Å². The number of hydrogen-bond acceptors (Lipinski definition) is 9. The van der Waals surface area contributed by atoms with Gasteiger partial charge >= 0.3 is 0 Å². The lowest BCUT2D eigenvalue weighted by molar-refractivity contribution is 0.0957. The van der Waals surface area contributed by atoms with E-state index in [9.17, 15) is 9.59 Å². The van der Waals surface area contributed by atoms with Crippen LogP contribution in [-0.4, -0.2) is 28.5 Å². The normalized spacial score (nSPS) is 13.4. The number of amides is 1. The number of hydrogen-bond donors (Lipinski definition) is 4. The quantitative estimate of drug-likeness (QED) is 0.319. The van der Waals surface area contributed by atoms with Gasteiger partial charge < -0.3 is 21.7 Å². The van der Waals surface area contributed by atoms with Crippen LogP contribution in [0, 0.1) is 11.3 Å². The number of benzene rings is 2. The highest BCUT2D eigenvalue weighted by atomic mass is 16.6. The fraction of sp³-hybridized carbons (Fsp3) is 0.190. The predicted molar refractivity (Wildman–Crippen MR) is 112 cm³/mol. The van der Waals surface area contributed by atoms with E-state index in [1.807, 2.05) is 30.3 Å². The van der Waals surface area contributed by atoms with Crippen molar-refractivity contribution in [2.24, 2.45) is 5.73 Å². The number of nitrogens with two attached hydrogens (primary N) is 1. The minimum atomic E-state index is -1.13. The molecule has 4 rings (SSSR count). The second-order valence-corrected chi connectivity index (χ2v) is 7.04. The highest BCUT2D eigenvalue weighted by Gasteiger charge is 2.45. The number of aromatic nitrogens is 2. The molecule has 0 aliphatic carbocycles. The molecule has 1 aromatic heterocycles. The molecule has 2 heterocycles. The van der Waals surface area contributed by atoms with Crippen molar-refractivity contribution < 1.29 is 14.2 Å². The number of fused-ring (bicyclic) bond motifs is 1. The van der Waals surface area contributed by atoms with Gasteiger partial charge in [-0.25, -0.2) is 4.63 Å². The topological polar surface area (TPSA) is 159 Å². The van der Waals surface area contributed by atoms with Crippen LogP contribution in [0.3, 0.4) is 0 Å². The summed E-state index contributed by atoms with van der Waals surface area (Å²) < 4.78 is 4.95. The maximum atomic E-state index is 13.2. The molecule has 0 saturated carbocycles. The molecule has 1 amide bonds. The standard InChI is InChI=1S/C21H19N7O3/c22-10-3-11-24-20-18(27-31-28-20)21(25-15-4-1-2-5-16(15)26-21)12-17(29)13-6-8-14(9-7-13)19(23)30/h1-2,4-9,25-26H,3,11-12H2,(H2,23,30)(H,24,28). The van der Waals surface area contributed by atoms with Crippen molar-refractivity contribution in [3.05, 3.63) is 65.4 Å². The van der Waals surface area contributed by atoms with Gasteiger partial charge in [-0.2, -0.15) is 5.26 Å². The Hall–Kier alpha value is -4.39. The van der Waals surface area contributed by atoms with Gasteiger partial charge in [0.2, 0.25) is 5.91 Å². The molecule has 5 N–H and O–H groups in total. The number of para-hydroxylation sites is 2. The molecule has 1 aliphatic heterocycles. The van der Waals surface area contributed by atoms with Gasteiger partial charge in [-0.05, 0) is 34.6 Å². The van der Waals surface area contributed by atoms with Crippen molar-refractivity contribution in [3.8, 4) is 6.07 Å². The molecule has 2 aromatic carbocycles. The zero-order chi connectivity index (χ0) is 21.8. The smallest absolute Gasteiger partial charge is 0.248 e. The molecule has 10 nitrogen and oxygen atoms in total. The number of Topliss-reactive ketones (excluding diaryl/α,β-unsaturated/α-hetero) is 1. The number of ketones is 1. The van der Waals surface area contributed by atoms with Gasteiger partial charge in [-0.3, -0.25) is 9.59 Å². The molecule has 0 fully saturated rings. The highest BCUT2D eigenvalue weighted by molar-refractivity contribution is 6.00. The summed E-state index contributed by atoms with van der Waals surface area (Å²) in [7, 11) is 0. The minimum absolute atomic E-state index is 0.0290. The van der Waals surface area contributed by atoms with E-state index in [4.69, 9.17) is 15.6 Å². The van der Waals surface area contributed by atoms with Crippen molar-refractivity contribution in [2.75, 3.05) is 22.5 Å². The Balaban J connectivity index is 1.66. The average molecular weight is 417 g/mol. The monoisotopic (exact) mass is 417 g/mol. The lowest BCUT2D eigenvalue weighted by Crippen LogP contribution is -2.42. The third-order valence-electron chi connectivity index (χ3n) is 4.96. The van der Waals surface area contributed by atoms with E-state index in [-0.39, 0.29) is 18.6 Å². The Kier molecular flexibility index (Phi) is 5.24. The van der Waals surface area contributed by atoms with Gasteiger partial charge in [0.15, 0.2) is 23.0 Å². The van der Waals surface area contributed by atoms with Crippen molar-refractivity contribution in [1.82, 2.24) is 10.3 Å². The first-order valence-corrected chi connectivity index (χ1v) is 9.55. The molecule has 0 atom stereocenters. The summed E-state index contributed by atoms with van der Waals surface area (Å²) >= 11 is 0. The van der Waals surface area contributed by atoms with Crippen molar-refractivity contribution in [1.29, 1.82) is 5.26 Å². The van der Waals surface area contributed by atoms with E-state index in [0.29, 0.717) is 29.2 Å². The Morgan fingerprint density at radius 2 is 1.71 bits per heavy atom. The summed E-state index contributed by atoms with van der Waals surface area (Å²) in [5.74, 6) is -0.429. The van der Waals surface area contributed by atoms with Crippen LogP contribution in [0.25, 0.3) is 0 Å². The molecule has 156 valence electrons. The molecule has 10 heteroatoms. The van der Waals surface area contributed by atoms with Crippen molar-refractivity contribution in [3.63, 3.8) is 0 Å². The van der Waals surface area contributed by atoms with Crippen LogP contribution in [0.1, 0.15) is 39.3 Å². The van der Waals surface area contributed by atoms with Crippen LogP contribution in [0.4, 0.5) is 17.2 Å². The number of nitriles is 1. The summed E-state index contributed by atoms with van der Waals surface area (Å²) in [6.07, 6.45) is 0.240. The molecule has 0 spiro atoms. The predicted octanol–water partition coefficient (Wildman–Crippen LogP) is 2.46. The number of rotatable bonds is 8. The van der Waals surface area contributed by atoms with Gasteiger partial charge in [0.05, 0.1) is 30.3 Å². The summed E-state index contributed by atoms with van der Waals surface area (Å²) in [6.45, 7) is 0.350.